The van der Waals surface area contributed by atoms with E-state index in [-0.39, 0.29) is 5.91 Å². The van der Waals surface area contributed by atoms with Gasteiger partial charge in [-0.05, 0) is 61.9 Å². The fraction of sp³-hybridized carbons (Fsp3) is 0.524. The maximum atomic E-state index is 11.4. The Morgan fingerprint density at radius 2 is 1.85 bits per heavy atom. The average molecular weight is 352 g/mol. The Balaban J connectivity index is 1.60. The summed E-state index contributed by atoms with van der Waals surface area (Å²) in [5.41, 5.74) is 6.99. The van der Waals surface area contributed by atoms with Crippen molar-refractivity contribution in [2.45, 2.75) is 51.0 Å². The second-order valence-corrected chi connectivity index (χ2v) is 7.72. The van der Waals surface area contributed by atoms with Crippen LogP contribution in [0, 0.1) is 5.92 Å². The molecule has 0 atom stereocenters. The van der Waals surface area contributed by atoms with Gasteiger partial charge in [0.15, 0.2) is 0 Å². The third kappa shape index (κ3) is 3.76. The van der Waals surface area contributed by atoms with E-state index in [1.165, 1.54) is 50.8 Å². The average Bonchev–Trinajstić information content (AvgIpc) is 3.51. The molecule has 0 spiro atoms. The van der Waals surface area contributed by atoms with Crippen LogP contribution in [0.1, 0.15) is 55.3 Å². The van der Waals surface area contributed by atoms with Crippen LogP contribution in [0.3, 0.4) is 0 Å². The van der Waals surface area contributed by atoms with E-state index in [0.29, 0.717) is 18.3 Å². The van der Waals surface area contributed by atoms with Gasteiger partial charge >= 0.3 is 0 Å². The standard InChI is InChI=1S/C21H28N4O/c22-21(26)17-8-10-19(11-9-17)25-15-23-13-12-20(25)24(14-16-6-7-16)18-4-2-1-3-5-18/h8-13,16,18H,1-7,14-15H2,(H2,22,26). The maximum absolute atomic E-state index is 11.4. The van der Waals surface area contributed by atoms with Crippen molar-refractivity contribution in [2.24, 2.45) is 16.6 Å². The van der Waals surface area contributed by atoms with Crippen LogP contribution in [-0.4, -0.2) is 36.3 Å². The van der Waals surface area contributed by atoms with Crippen molar-refractivity contribution in [1.29, 1.82) is 0 Å². The van der Waals surface area contributed by atoms with Crippen LogP contribution < -0.4 is 10.6 Å². The van der Waals surface area contributed by atoms with Crippen LogP contribution in [0.25, 0.3) is 0 Å². The van der Waals surface area contributed by atoms with Crippen molar-refractivity contribution in [2.75, 3.05) is 18.1 Å². The number of nitrogens with two attached hydrogens (primary N) is 1. The van der Waals surface area contributed by atoms with Crippen LogP contribution in [0.4, 0.5) is 5.69 Å². The smallest absolute Gasteiger partial charge is 0.248 e. The highest BCUT2D eigenvalue weighted by Gasteiger charge is 2.32. The Morgan fingerprint density at radius 3 is 2.50 bits per heavy atom. The first-order chi connectivity index (χ1) is 12.7. The van der Waals surface area contributed by atoms with E-state index in [9.17, 15) is 4.79 Å². The molecule has 26 heavy (non-hydrogen) atoms. The minimum atomic E-state index is -0.387. The highest BCUT2D eigenvalue weighted by Crippen LogP contribution is 2.36. The van der Waals surface area contributed by atoms with Crippen molar-refractivity contribution in [3.63, 3.8) is 0 Å². The molecule has 0 aromatic heterocycles. The molecule has 1 aromatic rings. The first-order valence-corrected chi connectivity index (χ1v) is 9.86. The zero-order valence-corrected chi connectivity index (χ0v) is 15.3. The van der Waals surface area contributed by atoms with Crippen molar-refractivity contribution in [3.05, 3.63) is 41.7 Å². The fourth-order valence-corrected chi connectivity index (χ4v) is 4.08. The summed E-state index contributed by atoms with van der Waals surface area (Å²) in [7, 11) is 0. The zero-order chi connectivity index (χ0) is 17.9. The minimum absolute atomic E-state index is 0.387. The number of allylic oxidation sites excluding steroid dienone is 1. The number of anilines is 1. The van der Waals surface area contributed by atoms with Gasteiger partial charge in [0.05, 0.1) is 0 Å². The van der Waals surface area contributed by atoms with Crippen LogP contribution in [0.5, 0.6) is 0 Å². The molecule has 5 heteroatoms. The summed E-state index contributed by atoms with van der Waals surface area (Å²) >= 11 is 0. The SMILES string of the molecule is NC(=O)c1ccc(N2CN=CC=C2N(CC2CC2)C2CCCCC2)cc1. The van der Waals surface area contributed by atoms with Crippen molar-refractivity contribution in [1.82, 2.24) is 4.90 Å². The molecule has 0 unspecified atom stereocenters. The monoisotopic (exact) mass is 352 g/mol. The van der Waals surface area contributed by atoms with E-state index in [0.717, 1.165) is 18.2 Å². The first-order valence-electron chi connectivity index (χ1n) is 9.86. The van der Waals surface area contributed by atoms with E-state index in [1.54, 1.807) is 12.1 Å². The predicted molar refractivity (Wildman–Crippen MR) is 105 cm³/mol. The van der Waals surface area contributed by atoms with Crippen LogP contribution in [-0.2, 0) is 0 Å². The van der Waals surface area contributed by atoms with Gasteiger partial charge in [-0.3, -0.25) is 9.79 Å². The molecule has 2 fully saturated rings. The van der Waals surface area contributed by atoms with E-state index in [2.05, 4.69) is 20.9 Å². The molecule has 1 aliphatic heterocycles. The molecule has 138 valence electrons. The lowest BCUT2D eigenvalue weighted by atomic mass is 9.93. The van der Waals surface area contributed by atoms with Gasteiger partial charge in [0.1, 0.15) is 12.5 Å². The van der Waals surface area contributed by atoms with Crippen LogP contribution in [0.15, 0.2) is 41.2 Å². The molecule has 1 amide bonds. The number of benzene rings is 1. The second kappa shape index (κ2) is 7.52. The molecule has 0 bridgehead atoms. The third-order valence-corrected chi connectivity index (χ3v) is 5.75. The Hall–Kier alpha value is -2.30. The molecule has 4 rings (SSSR count). The van der Waals surface area contributed by atoms with Gasteiger partial charge in [-0.25, -0.2) is 0 Å². The summed E-state index contributed by atoms with van der Waals surface area (Å²) in [4.78, 5) is 20.7. The summed E-state index contributed by atoms with van der Waals surface area (Å²) in [5.74, 6) is 1.71. The van der Waals surface area contributed by atoms with Gasteiger partial charge in [0, 0.05) is 30.1 Å². The van der Waals surface area contributed by atoms with Gasteiger partial charge in [0.2, 0.25) is 5.91 Å². The quantitative estimate of drug-likeness (QED) is 0.852. The van der Waals surface area contributed by atoms with E-state index in [4.69, 9.17) is 5.73 Å². The van der Waals surface area contributed by atoms with Gasteiger partial charge in [-0.15, -0.1) is 0 Å². The molecule has 1 heterocycles. The zero-order valence-electron chi connectivity index (χ0n) is 15.3. The summed E-state index contributed by atoms with van der Waals surface area (Å²) in [6.45, 7) is 1.77. The van der Waals surface area contributed by atoms with Gasteiger partial charge in [-0.2, -0.15) is 0 Å². The second-order valence-electron chi connectivity index (χ2n) is 7.72. The number of amides is 1. The summed E-state index contributed by atoms with van der Waals surface area (Å²) in [6, 6.07) is 8.20. The van der Waals surface area contributed by atoms with E-state index >= 15 is 0 Å². The molecule has 0 saturated heterocycles. The number of aliphatic imine (C=N–C) groups is 1. The van der Waals surface area contributed by atoms with E-state index in [1.807, 2.05) is 18.3 Å². The van der Waals surface area contributed by atoms with Crippen LogP contribution >= 0.6 is 0 Å². The van der Waals surface area contributed by atoms with Gasteiger partial charge < -0.3 is 15.5 Å². The molecule has 0 radical (unpaired) electrons. The Labute approximate surface area is 155 Å². The van der Waals surface area contributed by atoms with E-state index < -0.39 is 0 Å². The first kappa shape index (κ1) is 17.1. The summed E-state index contributed by atoms with van der Waals surface area (Å²) < 4.78 is 0. The Morgan fingerprint density at radius 1 is 1.12 bits per heavy atom. The molecule has 3 aliphatic rings. The lowest BCUT2D eigenvalue weighted by Gasteiger charge is -2.42. The number of nitrogens with zero attached hydrogens (tertiary/aromatic N) is 3. The van der Waals surface area contributed by atoms with Crippen molar-refractivity contribution < 1.29 is 4.79 Å². The molecule has 5 nitrogen and oxygen atoms in total. The summed E-state index contributed by atoms with van der Waals surface area (Å²) in [6.07, 6.45) is 13.4. The normalized spacial score (nSPS) is 20.8. The lowest BCUT2D eigenvalue weighted by molar-refractivity contribution is 0.100. The van der Waals surface area contributed by atoms with Crippen LogP contribution in [0.2, 0.25) is 0 Å². The largest absolute Gasteiger partial charge is 0.366 e. The highest BCUT2D eigenvalue weighted by atomic mass is 16.1. The van der Waals surface area contributed by atoms with Gasteiger partial charge in [0.25, 0.3) is 0 Å². The number of carbonyl (C=O) groups is 1. The minimum Gasteiger partial charge on any atom is -0.366 e. The Kier molecular flexibility index (Phi) is 4.96. The molecule has 2 N–H and O–H groups in total. The number of carbonyl (C=O) groups excluding carboxylic acids is 1. The number of hydrogen-bond acceptors (Lipinski definition) is 4. The fourth-order valence-electron chi connectivity index (χ4n) is 4.08. The van der Waals surface area contributed by atoms with Crippen molar-refractivity contribution in [3.8, 4) is 0 Å². The van der Waals surface area contributed by atoms with Crippen molar-refractivity contribution >= 4 is 17.8 Å². The number of hydrogen-bond donors (Lipinski definition) is 1. The third-order valence-electron chi connectivity index (χ3n) is 5.75. The van der Waals surface area contributed by atoms with Gasteiger partial charge in [-0.1, -0.05) is 19.3 Å². The summed E-state index contributed by atoms with van der Waals surface area (Å²) in [5, 5.41) is 0. The molecule has 2 saturated carbocycles. The topological polar surface area (TPSA) is 61.9 Å². The lowest BCUT2D eigenvalue weighted by Crippen LogP contribution is -2.45. The highest BCUT2D eigenvalue weighted by molar-refractivity contribution is 5.93. The number of rotatable bonds is 6. The molecule has 2 aliphatic carbocycles. The molecule has 1 aromatic carbocycles. The Bertz CT molecular complexity index is 699. The molecular weight excluding hydrogens is 324 g/mol. The maximum Gasteiger partial charge on any atom is 0.248 e. The number of primary amides is 1. The predicted octanol–water partition coefficient (Wildman–Crippen LogP) is 3.52. The molecular formula is C21H28N4O.